The summed E-state index contributed by atoms with van der Waals surface area (Å²) >= 11 is 6.88. The fourth-order valence-electron chi connectivity index (χ4n) is 1.15. The normalized spacial score (nSPS) is 12.1. The maximum absolute atomic E-state index is 8.51. The van der Waals surface area contributed by atoms with Gasteiger partial charge in [-0.1, -0.05) is 6.07 Å². The minimum Gasteiger partial charge on any atom is -0.309 e. The standard InChI is InChI=1S/C11H12Br2N2/c1-8(4-5-14)15-7-9-2-3-10(12)11(13)6-9/h2-3,6,8,15H,4,7H2,1H3. The molecule has 2 nitrogen and oxygen atoms in total. The summed E-state index contributed by atoms with van der Waals surface area (Å²) in [6, 6.07) is 8.51. The molecule has 1 aromatic rings. The highest BCUT2D eigenvalue weighted by Crippen LogP contribution is 2.23. The van der Waals surface area contributed by atoms with Gasteiger partial charge < -0.3 is 5.32 Å². The lowest BCUT2D eigenvalue weighted by Crippen LogP contribution is -2.24. The Balaban J connectivity index is 2.51. The van der Waals surface area contributed by atoms with Gasteiger partial charge in [0.1, 0.15) is 0 Å². The molecular formula is C11H12Br2N2. The van der Waals surface area contributed by atoms with Gasteiger partial charge in [0.25, 0.3) is 0 Å². The number of benzene rings is 1. The summed E-state index contributed by atoms with van der Waals surface area (Å²) in [6.45, 7) is 2.80. The van der Waals surface area contributed by atoms with Crippen molar-refractivity contribution in [2.75, 3.05) is 0 Å². The average Bonchev–Trinajstić information content (AvgIpc) is 2.20. The first kappa shape index (κ1) is 12.7. The summed E-state index contributed by atoms with van der Waals surface area (Å²) in [5.41, 5.74) is 1.20. The van der Waals surface area contributed by atoms with Crippen molar-refractivity contribution < 1.29 is 0 Å². The van der Waals surface area contributed by atoms with Gasteiger partial charge in [-0.2, -0.15) is 5.26 Å². The molecule has 0 aromatic heterocycles. The minimum atomic E-state index is 0.234. The van der Waals surface area contributed by atoms with Crippen molar-refractivity contribution >= 4 is 31.9 Å². The second-order valence-corrected chi connectivity index (χ2v) is 5.10. The molecule has 1 aromatic carbocycles. The number of hydrogen-bond acceptors (Lipinski definition) is 2. The van der Waals surface area contributed by atoms with E-state index in [-0.39, 0.29) is 6.04 Å². The second-order valence-electron chi connectivity index (χ2n) is 3.39. The molecule has 0 radical (unpaired) electrons. The van der Waals surface area contributed by atoms with Gasteiger partial charge in [0.2, 0.25) is 0 Å². The first-order valence-electron chi connectivity index (χ1n) is 4.67. The van der Waals surface area contributed by atoms with Crippen molar-refractivity contribution in [3.05, 3.63) is 32.7 Å². The zero-order valence-electron chi connectivity index (χ0n) is 8.43. The molecular weight excluding hydrogens is 320 g/mol. The topological polar surface area (TPSA) is 35.8 Å². The molecule has 1 atom stereocenters. The van der Waals surface area contributed by atoms with Gasteiger partial charge in [-0.05, 0) is 56.5 Å². The minimum absolute atomic E-state index is 0.234. The van der Waals surface area contributed by atoms with Crippen molar-refractivity contribution in [1.82, 2.24) is 5.32 Å². The Labute approximate surface area is 107 Å². The third kappa shape index (κ3) is 4.33. The van der Waals surface area contributed by atoms with Crippen LogP contribution in [0.15, 0.2) is 27.1 Å². The largest absolute Gasteiger partial charge is 0.309 e. The Hall–Kier alpha value is -0.370. The van der Waals surface area contributed by atoms with Crippen LogP contribution in [0.25, 0.3) is 0 Å². The van der Waals surface area contributed by atoms with Gasteiger partial charge in [-0.3, -0.25) is 0 Å². The molecule has 0 bridgehead atoms. The van der Waals surface area contributed by atoms with Gasteiger partial charge in [0.05, 0.1) is 12.5 Å². The molecule has 80 valence electrons. The lowest BCUT2D eigenvalue weighted by molar-refractivity contribution is 0.557. The van der Waals surface area contributed by atoms with Crippen LogP contribution in [0.3, 0.4) is 0 Å². The first-order valence-corrected chi connectivity index (χ1v) is 6.26. The Morgan fingerprint density at radius 3 is 2.73 bits per heavy atom. The molecule has 1 unspecified atom stereocenters. The van der Waals surface area contributed by atoms with Gasteiger partial charge in [-0.15, -0.1) is 0 Å². The second kappa shape index (κ2) is 6.26. The monoisotopic (exact) mass is 330 g/mol. The van der Waals surface area contributed by atoms with Crippen molar-refractivity contribution in [2.45, 2.75) is 25.9 Å². The molecule has 0 amide bonds. The summed E-state index contributed by atoms with van der Waals surface area (Å²) in [5, 5.41) is 11.8. The van der Waals surface area contributed by atoms with Crippen LogP contribution in [0, 0.1) is 11.3 Å². The third-order valence-electron chi connectivity index (χ3n) is 2.04. The van der Waals surface area contributed by atoms with E-state index in [9.17, 15) is 0 Å². The molecule has 4 heteroatoms. The fraction of sp³-hybridized carbons (Fsp3) is 0.364. The SMILES string of the molecule is CC(CC#N)NCc1ccc(Br)c(Br)c1. The summed E-state index contributed by atoms with van der Waals surface area (Å²) in [6.07, 6.45) is 0.539. The van der Waals surface area contributed by atoms with Crippen LogP contribution in [-0.4, -0.2) is 6.04 Å². The molecule has 0 fully saturated rings. The molecule has 0 aliphatic carbocycles. The summed E-state index contributed by atoms with van der Waals surface area (Å²) in [4.78, 5) is 0. The highest BCUT2D eigenvalue weighted by molar-refractivity contribution is 9.13. The molecule has 0 spiro atoms. The average molecular weight is 332 g/mol. The van der Waals surface area contributed by atoms with E-state index in [1.54, 1.807) is 0 Å². The van der Waals surface area contributed by atoms with E-state index in [0.717, 1.165) is 15.5 Å². The van der Waals surface area contributed by atoms with Crippen molar-refractivity contribution in [3.63, 3.8) is 0 Å². The van der Waals surface area contributed by atoms with Crippen LogP contribution in [0.2, 0.25) is 0 Å². The Morgan fingerprint density at radius 2 is 2.13 bits per heavy atom. The zero-order chi connectivity index (χ0) is 11.3. The molecule has 0 saturated carbocycles. The molecule has 0 aliphatic rings. The van der Waals surface area contributed by atoms with E-state index in [1.165, 1.54) is 5.56 Å². The van der Waals surface area contributed by atoms with E-state index in [0.29, 0.717) is 6.42 Å². The predicted molar refractivity (Wildman–Crippen MR) is 68.4 cm³/mol. The quantitative estimate of drug-likeness (QED) is 0.915. The lowest BCUT2D eigenvalue weighted by Gasteiger charge is -2.10. The first-order chi connectivity index (χ1) is 7.13. The van der Waals surface area contributed by atoms with E-state index in [4.69, 9.17) is 5.26 Å². The van der Waals surface area contributed by atoms with Crippen LogP contribution in [-0.2, 0) is 6.54 Å². The van der Waals surface area contributed by atoms with Crippen LogP contribution in [0.5, 0.6) is 0 Å². The van der Waals surface area contributed by atoms with Crippen molar-refractivity contribution in [2.24, 2.45) is 0 Å². The van der Waals surface area contributed by atoms with Crippen LogP contribution in [0.4, 0.5) is 0 Å². The van der Waals surface area contributed by atoms with Crippen LogP contribution in [0.1, 0.15) is 18.9 Å². The smallest absolute Gasteiger partial charge is 0.0638 e. The number of nitrogens with one attached hydrogen (secondary N) is 1. The molecule has 0 aliphatic heterocycles. The number of rotatable bonds is 4. The number of nitriles is 1. The summed E-state index contributed by atoms with van der Waals surface area (Å²) in [7, 11) is 0. The number of nitrogens with zero attached hydrogens (tertiary/aromatic N) is 1. The molecule has 1 rings (SSSR count). The Kier molecular flexibility index (Phi) is 5.30. The molecule has 0 heterocycles. The maximum atomic E-state index is 8.51. The Morgan fingerprint density at radius 1 is 1.40 bits per heavy atom. The predicted octanol–water partition coefficient (Wildman–Crippen LogP) is 3.60. The third-order valence-corrected chi connectivity index (χ3v) is 3.92. The summed E-state index contributed by atoms with van der Waals surface area (Å²) in [5.74, 6) is 0. The van der Waals surface area contributed by atoms with Crippen molar-refractivity contribution in [1.29, 1.82) is 5.26 Å². The van der Waals surface area contributed by atoms with Gasteiger partial charge in [0, 0.05) is 21.5 Å². The number of hydrogen-bond donors (Lipinski definition) is 1. The van der Waals surface area contributed by atoms with E-state index in [1.807, 2.05) is 13.0 Å². The molecule has 0 saturated heterocycles. The Bertz CT molecular complexity index is 371. The molecule has 15 heavy (non-hydrogen) atoms. The van der Waals surface area contributed by atoms with Crippen LogP contribution >= 0.6 is 31.9 Å². The zero-order valence-corrected chi connectivity index (χ0v) is 11.6. The van der Waals surface area contributed by atoms with E-state index < -0.39 is 0 Å². The van der Waals surface area contributed by atoms with Crippen LogP contribution < -0.4 is 5.32 Å². The maximum Gasteiger partial charge on any atom is 0.0638 e. The van der Waals surface area contributed by atoms with Crippen molar-refractivity contribution in [3.8, 4) is 6.07 Å². The highest BCUT2D eigenvalue weighted by Gasteiger charge is 2.02. The highest BCUT2D eigenvalue weighted by atomic mass is 79.9. The van der Waals surface area contributed by atoms with Gasteiger partial charge in [-0.25, -0.2) is 0 Å². The molecule has 1 N–H and O–H groups in total. The number of halogens is 2. The van der Waals surface area contributed by atoms with Gasteiger partial charge in [0.15, 0.2) is 0 Å². The van der Waals surface area contributed by atoms with E-state index >= 15 is 0 Å². The van der Waals surface area contributed by atoms with Gasteiger partial charge >= 0.3 is 0 Å². The lowest BCUT2D eigenvalue weighted by atomic mass is 10.2. The summed E-state index contributed by atoms with van der Waals surface area (Å²) < 4.78 is 2.10. The fourth-order valence-corrected chi connectivity index (χ4v) is 1.82. The van der Waals surface area contributed by atoms with E-state index in [2.05, 4.69) is 55.4 Å².